The van der Waals surface area contributed by atoms with E-state index < -0.39 is 15.7 Å². The molecule has 0 aliphatic carbocycles. The first-order chi connectivity index (χ1) is 13.4. The van der Waals surface area contributed by atoms with E-state index in [1.54, 1.807) is 36.0 Å². The first-order valence-corrected chi connectivity index (χ1v) is 12.8. The molecule has 148 valence electrons. The molecule has 3 aromatic rings. The van der Waals surface area contributed by atoms with Gasteiger partial charge in [-0.25, -0.2) is 8.42 Å². The van der Waals surface area contributed by atoms with Crippen molar-refractivity contribution in [3.05, 3.63) is 58.9 Å². The van der Waals surface area contributed by atoms with Crippen LogP contribution in [0.25, 0.3) is 10.2 Å². The highest BCUT2D eigenvalue weighted by Gasteiger charge is 2.15. The van der Waals surface area contributed by atoms with E-state index in [2.05, 4.69) is 11.1 Å². The van der Waals surface area contributed by atoms with Crippen molar-refractivity contribution < 1.29 is 13.2 Å². The van der Waals surface area contributed by atoms with Crippen LogP contribution in [0.1, 0.15) is 18.9 Å². The van der Waals surface area contributed by atoms with Gasteiger partial charge in [-0.1, -0.05) is 41.7 Å². The first-order valence-electron chi connectivity index (χ1n) is 8.91. The standard InChI is InChI=1S/C20H22N2O3S3/c1-3-22-17-10-9-16(26-2)13-18(17)27-20(22)21-19(23)11-12-28(24,25)14-15-7-5-4-6-8-15/h4-10,13H,3,11-12,14H2,1-2H3. The average Bonchev–Trinajstić information content (AvgIpc) is 3.02. The van der Waals surface area contributed by atoms with Crippen LogP contribution in [0.2, 0.25) is 0 Å². The fraction of sp³-hybridized carbons (Fsp3) is 0.300. The predicted octanol–water partition coefficient (Wildman–Crippen LogP) is 3.88. The molecule has 0 saturated carbocycles. The number of aromatic nitrogens is 1. The summed E-state index contributed by atoms with van der Waals surface area (Å²) in [5.41, 5.74) is 1.76. The van der Waals surface area contributed by atoms with Crippen LogP contribution in [0.4, 0.5) is 0 Å². The van der Waals surface area contributed by atoms with Crippen molar-refractivity contribution in [2.45, 2.75) is 30.5 Å². The lowest BCUT2D eigenvalue weighted by Crippen LogP contribution is -2.18. The van der Waals surface area contributed by atoms with E-state index in [4.69, 9.17) is 0 Å². The molecule has 0 aliphatic heterocycles. The van der Waals surface area contributed by atoms with E-state index in [9.17, 15) is 13.2 Å². The van der Waals surface area contributed by atoms with Crippen molar-refractivity contribution >= 4 is 49.1 Å². The molecular weight excluding hydrogens is 412 g/mol. The maximum absolute atomic E-state index is 12.3. The number of aryl methyl sites for hydroxylation is 1. The van der Waals surface area contributed by atoms with Crippen molar-refractivity contribution in [3.8, 4) is 0 Å². The summed E-state index contributed by atoms with van der Waals surface area (Å²) >= 11 is 3.12. The highest BCUT2D eigenvalue weighted by molar-refractivity contribution is 7.98. The van der Waals surface area contributed by atoms with Crippen LogP contribution in [0.15, 0.2) is 58.4 Å². The molecule has 0 N–H and O–H groups in total. The molecule has 2 aromatic carbocycles. The molecular formula is C20H22N2O3S3. The van der Waals surface area contributed by atoms with Gasteiger partial charge in [0.15, 0.2) is 14.6 Å². The van der Waals surface area contributed by atoms with Crippen LogP contribution >= 0.6 is 23.1 Å². The van der Waals surface area contributed by atoms with Gasteiger partial charge in [-0.15, -0.1) is 11.8 Å². The summed E-state index contributed by atoms with van der Waals surface area (Å²) in [6.45, 7) is 2.69. The predicted molar refractivity (Wildman–Crippen MR) is 116 cm³/mol. The Hall–Kier alpha value is -1.90. The lowest BCUT2D eigenvalue weighted by molar-refractivity contribution is -0.117. The Bertz CT molecular complexity index is 1150. The number of fused-ring (bicyclic) bond motifs is 1. The zero-order valence-electron chi connectivity index (χ0n) is 15.8. The number of hydrogen-bond acceptors (Lipinski definition) is 5. The van der Waals surface area contributed by atoms with Crippen LogP contribution in [0, 0.1) is 0 Å². The van der Waals surface area contributed by atoms with Gasteiger partial charge in [-0.05, 0) is 36.9 Å². The zero-order valence-corrected chi connectivity index (χ0v) is 18.2. The summed E-state index contributed by atoms with van der Waals surface area (Å²) in [5, 5.41) is 0. The second kappa shape index (κ2) is 9.07. The quantitative estimate of drug-likeness (QED) is 0.529. The molecule has 1 amide bonds. The number of nitrogens with zero attached hydrogens (tertiary/aromatic N) is 2. The number of benzene rings is 2. The van der Waals surface area contributed by atoms with Gasteiger partial charge in [0.2, 0.25) is 5.91 Å². The number of thioether (sulfide) groups is 1. The minimum absolute atomic E-state index is 0.0591. The van der Waals surface area contributed by atoms with Gasteiger partial charge in [0, 0.05) is 17.9 Å². The summed E-state index contributed by atoms with van der Waals surface area (Å²) in [6.07, 6.45) is 1.91. The third kappa shape index (κ3) is 5.12. The summed E-state index contributed by atoms with van der Waals surface area (Å²) in [5.74, 6) is -0.663. The SMILES string of the molecule is CCn1c(=NC(=O)CCS(=O)(=O)Cc2ccccc2)sc2cc(SC)ccc21. The monoisotopic (exact) mass is 434 g/mol. The fourth-order valence-corrected chi connectivity index (χ4v) is 5.87. The summed E-state index contributed by atoms with van der Waals surface area (Å²) in [4.78, 5) is 18.3. The van der Waals surface area contributed by atoms with Gasteiger partial charge in [0.1, 0.15) is 0 Å². The van der Waals surface area contributed by atoms with Crippen LogP contribution in [-0.4, -0.2) is 30.9 Å². The average molecular weight is 435 g/mol. The molecule has 0 unspecified atom stereocenters. The molecule has 0 aliphatic rings. The Labute approximate surface area is 173 Å². The van der Waals surface area contributed by atoms with Gasteiger partial charge < -0.3 is 4.57 Å². The van der Waals surface area contributed by atoms with Gasteiger partial charge in [0.25, 0.3) is 0 Å². The maximum Gasteiger partial charge on any atom is 0.249 e. The minimum Gasteiger partial charge on any atom is -0.317 e. The van der Waals surface area contributed by atoms with E-state index in [-0.39, 0.29) is 17.9 Å². The Morgan fingerprint density at radius 3 is 2.61 bits per heavy atom. The molecule has 1 aromatic heterocycles. The summed E-state index contributed by atoms with van der Waals surface area (Å²) in [6, 6.07) is 15.2. The number of thiazole rings is 1. The number of amides is 1. The fourth-order valence-electron chi connectivity index (χ4n) is 2.88. The molecule has 0 spiro atoms. The molecule has 3 rings (SSSR count). The number of rotatable bonds is 7. The van der Waals surface area contributed by atoms with Gasteiger partial charge in [-0.3, -0.25) is 4.79 Å². The van der Waals surface area contributed by atoms with E-state index in [1.807, 2.05) is 35.9 Å². The largest absolute Gasteiger partial charge is 0.317 e. The Morgan fingerprint density at radius 2 is 1.93 bits per heavy atom. The molecule has 1 heterocycles. The van der Waals surface area contributed by atoms with E-state index in [0.29, 0.717) is 11.3 Å². The first kappa shape index (κ1) is 20.8. The van der Waals surface area contributed by atoms with Crippen molar-refractivity contribution in [2.75, 3.05) is 12.0 Å². The lowest BCUT2D eigenvalue weighted by atomic mass is 10.2. The molecule has 0 fully saturated rings. The normalized spacial score (nSPS) is 12.6. The molecule has 5 nitrogen and oxygen atoms in total. The van der Waals surface area contributed by atoms with Crippen LogP contribution in [-0.2, 0) is 26.9 Å². The van der Waals surface area contributed by atoms with E-state index in [1.165, 1.54) is 11.3 Å². The molecule has 0 radical (unpaired) electrons. The van der Waals surface area contributed by atoms with Crippen molar-refractivity contribution in [1.82, 2.24) is 4.57 Å². The number of carbonyl (C=O) groups excluding carboxylic acids is 1. The lowest BCUT2D eigenvalue weighted by Gasteiger charge is -2.03. The molecule has 28 heavy (non-hydrogen) atoms. The highest BCUT2D eigenvalue weighted by Crippen LogP contribution is 2.24. The molecule has 8 heteroatoms. The summed E-state index contributed by atoms with van der Waals surface area (Å²) < 4.78 is 27.6. The minimum atomic E-state index is -3.36. The van der Waals surface area contributed by atoms with Gasteiger partial charge in [-0.2, -0.15) is 4.99 Å². The summed E-state index contributed by atoms with van der Waals surface area (Å²) in [7, 11) is -3.36. The third-order valence-electron chi connectivity index (χ3n) is 4.28. The van der Waals surface area contributed by atoms with Crippen molar-refractivity contribution in [1.29, 1.82) is 0 Å². The number of carbonyl (C=O) groups is 1. The highest BCUT2D eigenvalue weighted by atomic mass is 32.2. The maximum atomic E-state index is 12.3. The Kier molecular flexibility index (Phi) is 6.74. The Morgan fingerprint density at radius 1 is 1.18 bits per heavy atom. The Balaban J connectivity index is 1.77. The smallest absolute Gasteiger partial charge is 0.249 e. The second-order valence-corrected chi connectivity index (χ2v) is 10.4. The van der Waals surface area contributed by atoms with E-state index >= 15 is 0 Å². The van der Waals surface area contributed by atoms with E-state index in [0.717, 1.165) is 20.7 Å². The van der Waals surface area contributed by atoms with Crippen LogP contribution < -0.4 is 4.80 Å². The zero-order chi connectivity index (χ0) is 20.1. The van der Waals surface area contributed by atoms with Crippen LogP contribution in [0.3, 0.4) is 0 Å². The van der Waals surface area contributed by atoms with Crippen LogP contribution in [0.5, 0.6) is 0 Å². The van der Waals surface area contributed by atoms with Gasteiger partial charge >= 0.3 is 0 Å². The molecule has 0 atom stereocenters. The van der Waals surface area contributed by atoms with Gasteiger partial charge in [0.05, 0.1) is 21.7 Å². The topological polar surface area (TPSA) is 68.5 Å². The van der Waals surface area contributed by atoms with Crippen molar-refractivity contribution in [2.24, 2.45) is 4.99 Å². The number of hydrogen-bond donors (Lipinski definition) is 0. The molecule has 0 saturated heterocycles. The molecule has 0 bridgehead atoms. The number of sulfone groups is 1. The third-order valence-corrected chi connectivity index (χ3v) is 7.65. The second-order valence-electron chi connectivity index (χ2n) is 6.30. The van der Waals surface area contributed by atoms with Crippen molar-refractivity contribution in [3.63, 3.8) is 0 Å².